The lowest BCUT2D eigenvalue weighted by Crippen LogP contribution is -2.28. The van der Waals surface area contributed by atoms with E-state index in [1.807, 2.05) is 0 Å². The highest BCUT2D eigenvalue weighted by atomic mass is 19.4. The van der Waals surface area contributed by atoms with E-state index in [9.17, 15) is 18.0 Å². The molecule has 1 aromatic rings. The van der Waals surface area contributed by atoms with Crippen LogP contribution in [0.5, 0.6) is 5.75 Å². The number of carbonyl (C=O) groups is 1. The SMILES string of the molecule is COC(=O)N1CCc2cc(OC(F)(F)F)ccc21. The monoisotopic (exact) mass is 261 g/mol. The highest BCUT2D eigenvalue weighted by molar-refractivity contribution is 5.90. The Hall–Kier alpha value is -1.92. The molecule has 4 nitrogen and oxygen atoms in total. The molecule has 1 aromatic carbocycles. The number of methoxy groups -OCH3 is 1. The molecule has 0 bridgehead atoms. The zero-order chi connectivity index (χ0) is 13.3. The number of hydrogen-bond donors (Lipinski definition) is 0. The van der Waals surface area contributed by atoms with Gasteiger partial charge in [-0.2, -0.15) is 0 Å². The second-order valence-corrected chi connectivity index (χ2v) is 3.71. The lowest BCUT2D eigenvalue weighted by atomic mass is 10.1. The third kappa shape index (κ3) is 2.49. The third-order valence-electron chi connectivity index (χ3n) is 2.58. The van der Waals surface area contributed by atoms with Crippen LogP contribution in [-0.2, 0) is 11.2 Å². The number of carbonyl (C=O) groups excluding carboxylic acids is 1. The van der Waals surface area contributed by atoms with E-state index in [0.717, 1.165) is 0 Å². The predicted octanol–water partition coefficient (Wildman–Crippen LogP) is 2.71. The number of rotatable bonds is 1. The fourth-order valence-corrected chi connectivity index (χ4v) is 1.88. The lowest BCUT2D eigenvalue weighted by molar-refractivity contribution is -0.274. The van der Waals surface area contributed by atoms with E-state index in [1.54, 1.807) is 0 Å². The van der Waals surface area contributed by atoms with Crippen molar-refractivity contribution in [2.24, 2.45) is 0 Å². The van der Waals surface area contributed by atoms with Gasteiger partial charge in [0.15, 0.2) is 0 Å². The van der Waals surface area contributed by atoms with Crippen LogP contribution < -0.4 is 9.64 Å². The van der Waals surface area contributed by atoms with Crippen molar-refractivity contribution in [3.8, 4) is 5.75 Å². The zero-order valence-corrected chi connectivity index (χ0v) is 9.45. The maximum Gasteiger partial charge on any atom is 0.573 e. The number of fused-ring (bicyclic) bond motifs is 1. The van der Waals surface area contributed by atoms with Crippen LogP contribution in [0.3, 0.4) is 0 Å². The Morgan fingerprint density at radius 3 is 2.72 bits per heavy atom. The van der Waals surface area contributed by atoms with Crippen LogP contribution in [-0.4, -0.2) is 26.1 Å². The van der Waals surface area contributed by atoms with Crippen LogP contribution in [0.4, 0.5) is 23.7 Å². The van der Waals surface area contributed by atoms with Crippen LogP contribution in [0.25, 0.3) is 0 Å². The summed E-state index contributed by atoms with van der Waals surface area (Å²) in [6.07, 6.45) is -4.77. The van der Waals surface area contributed by atoms with Crippen molar-refractivity contribution in [1.82, 2.24) is 0 Å². The molecule has 0 aromatic heterocycles. The van der Waals surface area contributed by atoms with Crippen LogP contribution >= 0.6 is 0 Å². The van der Waals surface area contributed by atoms with E-state index in [1.165, 1.54) is 30.2 Å². The third-order valence-corrected chi connectivity index (χ3v) is 2.58. The molecule has 0 unspecified atom stereocenters. The Kier molecular flexibility index (Phi) is 3.06. The molecular formula is C11H10F3NO3. The van der Waals surface area contributed by atoms with Gasteiger partial charge in [0.2, 0.25) is 0 Å². The van der Waals surface area contributed by atoms with Crippen molar-refractivity contribution in [3.05, 3.63) is 23.8 Å². The van der Waals surface area contributed by atoms with Gasteiger partial charge in [0.05, 0.1) is 12.8 Å². The van der Waals surface area contributed by atoms with Crippen molar-refractivity contribution in [2.75, 3.05) is 18.6 Å². The largest absolute Gasteiger partial charge is 0.573 e. The fourth-order valence-electron chi connectivity index (χ4n) is 1.88. The lowest BCUT2D eigenvalue weighted by Gasteiger charge is -2.15. The Labute approximate surface area is 101 Å². The normalized spacial score (nSPS) is 14.3. The summed E-state index contributed by atoms with van der Waals surface area (Å²) in [5, 5.41) is 0. The van der Waals surface area contributed by atoms with Gasteiger partial charge in [-0.15, -0.1) is 13.2 Å². The van der Waals surface area contributed by atoms with Crippen molar-refractivity contribution in [3.63, 3.8) is 0 Å². The molecule has 18 heavy (non-hydrogen) atoms. The molecule has 2 rings (SSSR count). The Bertz CT molecular complexity index is 473. The number of amides is 1. The molecule has 1 aliphatic heterocycles. The standard InChI is InChI=1S/C11H10F3NO3/c1-17-10(16)15-5-4-7-6-8(2-3-9(7)15)18-11(12,13)14/h2-3,6H,4-5H2,1H3. The molecule has 98 valence electrons. The number of alkyl halides is 3. The van der Waals surface area contributed by atoms with Gasteiger partial charge in [-0.3, -0.25) is 4.90 Å². The van der Waals surface area contributed by atoms with Gasteiger partial charge in [0.25, 0.3) is 0 Å². The van der Waals surface area contributed by atoms with Gasteiger partial charge in [-0.1, -0.05) is 0 Å². The molecule has 0 fully saturated rings. The molecule has 0 saturated carbocycles. The van der Waals surface area contributed by atoms with Gasteiger partial charge in [-0.05, 0) is 30.2 Å². The summed E-state index contributed by atoms with van der Waals surface area (Å²) in [4.78, 5) is 12.8. The maximum atomic E-state index is 12.0. The first-order valence-corrected chi connectivity index (χ1v) is 5.15. The molecule has 0 radical (unpaired) electrons. The minimum absolute atomic E-state index is 0.284. The number of halogens is 3. The molecular weight excluding hydrogens is 251 g/mol. The van der Waals surface area contributed by atoms with E-state index < -0.39 is 12.5 Å². The van der Waals surface area contributed by atoms with Crippen LogP contribution in [0.15, 0.2) is 18.2 Å². The van der Waals surface area contributed by atoms with Gasteiger partial charge < -0.3 is 9.47 Å². The zero-order valence-electron chi connectivity index (χ0n) is 9.45. The quantitative estimate of drug-likeness (QED) is 0.780. The number of benzene rings is 1. The Balaban J connectivity index is 2.23. The minimum Gasteiger partial charge on any atom is -0.452 e. The number of anilines is 1. The van der Waals surface area contributed by atoms with E-state index in [4.69, 9.17) is 0 Å². The number of ether oxygens (including phenoxy) is 2. The first kappa shape index (κ1) is 12.5. The summed E-state index contributed by atoms with van der Waals surface area (Å²) < 4.78 is 44.5. The number of nitrogens with zero attached hydrogens (tertiary/aromatic N) is 1. The highest BCUT2D eigenvalue weighted by Gasteiger charge is 2.32. The van der Waals surface area contributed by atoms with E-state index in [0.29, 0.717) is 24.2 Å². The highest BCUT2D eigenvalue weighted by Crippen LogP contribution is 2.33. The summed E-state index contributed by atoms with van der Waals surface area (Å²) in [7, 11) is 1.25. The summed E-state index contributed by atoms with van der Waals surface area (Å²) in [6.45, 7) is 0.386. The molecule has 0 saturated heterocycles. The second kappa shape index (κ2) is 4.40. The average Bonchev–Trinajstić information content (AvgIpc) is 2.68. The van der Waals surface area contributed by atoms with Crippen molar-refractivity contribution < 1.29 is 27.4 Å². The van der Waals surface area contributed by atoms with Crippen molar-refractivity contribution in [2.45, 2.75) is 12.8 Å². The molecule has 0 N–H and O–H groups in total. The topological polar surface area (TPSA) is 38.8 Å². The molecule has 1 heterocycles. The number of hydrogen-bond acceptors (Lipinski definition) is 3. The van der Waals surface area contributed by atoms with E-state index in [-0.39, 0.29) is 5.75 Å². The first-order valence-electron chi connectivity index (χ1n) is 5.15. The van der Waals surface area contributed by atoms with Crippen LogP contribution in [0.1, 0.15) is 5.56 Å². The maximum absolute atomic E-state index is 12.0. The van der Waals surface area contributed by atoms with Gasteiger partial charge >= 0.3 is 12.5 Å². The second-order valence-electron chi connectivity index (χ2n) is 3.71. The summed E-state index contributed by atoms with van der Waals surface area (Å²) >= 11 is 0. The van der Waals surface area contributed by atoms with E-state index in [2.05, 4.69) is 9.47 Å². The van der Waals surface area contributed by atoms with Gasteiger partial charge in [-0.25, -0.2) is 4.79 Å². The molecule has 0 spiro atoms. The summed E-state index contributed by atoms with van der Waals surface area (Å²) in [6, 6.07) is 3.87. The van der Waals surface area contributed by atoms with Crippen molar-refractivity contribution >= 4 is 11.8 Å². The smallest absolute Gasteiger partial charge is 0.452 e. The average molecular weight is 261 g/mol. The first-order chi connectivity index (χ1) is 8.40. The molecule has 0 aliphatic carbocycles. The van der Waals surface area contributed by atoms with E-state index >= 15 is 0 Å². The molecule has 7 heteroatoms. The minimum atomic E-state index is -4.71. The molecule has 1 amide bonds. The molecule has 0 atom stereocenters. The van der Waals surface area contributed by atoms with Gasteiger partial charge in [0.1, 0.15) is 5.75 Å². The fraction of sp³-hybridized carbons (Fsp3) is 0.364. The van der Waals surface area contributed by atoms with Crippen molar-refractivity contribution in [1.29, 1.82) is 0 Å². The Morgan fingerprint density at radius 2 is 2.11 bits per heavy atom. The van der Waals surface area contributed by atoms with Gasteiger partial charge in [0, 0.05) is 6.54 Å². The summed E-state index contributed by atoms with van der Waals surface area (Å²) in [5.41, 5.74) is 1.18. The van der Waals surface area contributed by atoms with Crippen LogP contribution in [0.2, 0.25) is 0 Å². The van der Waals surface area contributed by atoms with Crippen LogP contribution in [0, 0.1) is 0 Å². The Morgan fingerprint density at radius 1 is 1.39 bits per heavy atom. The summed E-state index contributed by atoms with van der Waals surface area (Å²) in [5.74, 6) is -0.284. The molecule has 1 aliphatic rings. The predicted molar refractivity (Wildman–Crippen MR) is 56.6 cm³/mol.